The van der Waals surface area contributed by atoms with Crippen molar-refractivity contribution in [3.8, 4) is 0 Å². The van der Waals surface area contributed by atoms with Crippen molar-refractivity contribution in [3.63, 3.8) is 0 Å². The first-order chi connectivity index (χ1) is 19.0. The van der Waals surface area contributed by atoms with Crippen LogP contribution in [-0.4, -0.2) is 78.4 Å². The van der Waals surface area contributed by atoms with Crippen LogP contribution in [0.25, 0.3) is 0 Å². The Balaban J connectivity index is 1.84. The Morgan fingerprint density at radius 3 is 2.48 bits per heavy atom. The van der Waals surface area contributed by atoms with Gasteiger partial charge in [0, 0.05) is 38.3 Å². The quantitative estimate of drug-likeness (QED) is 0.202. The van der Waals surface area contributed by atoms with Crippen LogP contribution in [0.15, 0.2) is 72.1 Å². The number of benzene rings is 2. The number of non-ortho nitro benzene ring substituents is 1. The zero-order valence-corrected chi connectivity index (χ0v) is 24.0. The van der Waals surface area contributed by atoms with E-state index in [1.165, 1.54) is 16.4 Å². The predicted molar refractivity (Wildman–Crippen MR) is 154 cm³/mol. The van der Waals surface area contributed by atoms with Gasteiger partial charge in [-0.25, -0.2) is 8.42 Å². The molecule has 0 radical (unpaired) electrons. The molecular weight excluding hydrogens is 532 g/mol. The molecule has 1 aliphatic heterocycles. The summed E-state index contributed by atoms with van der Waals surface area (Å²) in [4.78, 5) is 25.9. The molecule has 10 nitrogen and oxygen atoms in total. The number of likely N-dealkylation sites (tertiary alicyclic amines) is 1. The molecule has 1 aliphatic rings. The van der Waals surface area contributed by atoms with E-state index in [0.717, 1.165) is 37.1 Å². The van der Waals surface area contributed by atoms with E-state index in [4.69, 9.17) is 0 Å². The maximum absolute atomic E-state index is 13.6. The van der Waals surface area contributed by atoms with E-state index in [-0.39, 0.29) is 41.4 Å². The molecule has 0 saturated carbocycles. The summed E-state index contributed by atoms with van der Waals surface area (Å²) < 4.78 is 28.3. The number of aliphatic hydroxyl groups is 1. The predicted octanol–water partition coefficient (Wildman–Crippen LogP) is 3.23. The number of amides is 1. The maximum Gasteiger partial charge on any atom is 0.269 e. The van der Waals surface area contributed by atoms with Gasteiger partial charge in [-0.3, -0.25) is 19.8 Å². The molecule has 3 rings (SSSR count). The zero-order chi connectivity index (χ0) is 29.3. The second-order valence-corrected chi connectivity index (χ2v) is 12.7. The molecule has 11 heteroatoms. The van der Waals surface area contributed by atoms with E-state index >= 15 is 0 Å². The number of nitro benzene ring substituents is 1. The minimum atomic E-state index is -4.08. The van der Waals surface area contributed by atoms with Crippen LogP contribution < -0.4 is 5.32 Å². The SMILES string of the molecule is C=CCN1CCCC(C(=O)N[C@@H](Cc2ccccc2)[C@H](O)CN(CC(C)C)S(=O)(=O)c2ccc([N+](=O)[O-])cc2)C1. The van der Waals surface area contributed by atoms with E-state index in [1.807, 2.05) is 50.3 Å². The molecule has 1 amide bonds. The Labute approximate surface area is 236 Å². The van der Waals surface area contributed by atoms with Gasteiger partial charge in [-0.1, -0.05) is 50.3 Å². The van der Waals surface area contributed by atoms with Crippen LogP contribution in [0, 0.1) is 22.0 Å². The normalized spacial score (nSPS) is 17.9. The van der Waals surface area contributed by atoms with Crippen molar-refractivity contribution in [2.24, 2.45) is 11.8 Å². The first-order valence-corrected chi connectivity index (χ1v) is 15.1. The fourth-order valence-electron chi connectivity index (χ4n) is 4.97. The Morgan fingerprint density at radius 1 is 1.20 bits per heavy atom. The van der Waals surface area contributed by atoms with Crippen molar-refractivity contribution >= 4 is 21.6 Å². The van der Waals surface area contributed by atoms with Gasteiger partial charge in [0.15, 0.2) is 0 Å². The van der Waals surface area contributed by atoms with E-state index < -0.39 is 27.1 Å². The third-order valence-corrected chi connectivity index (χ3v) is 8.84. The first-order valence-electron chi connectivity index (χ1n) is 13.6. The van der Waals surface area contributed by atoms with Crippen molar-refractivity contribution in [2.45, 2.75) is 50.2 Å². The van der Waals surface area contributed by atoms with E-state index in [1.54, 1.807) is 0 Å². The van der Waals surface area contributed by atoms with Gasteiger partial charge >= 0.3 is 0 Å². The number of hydrogen-bond donors (Lipinski definition) is 2. The fourth-order valence-corrected chi connectivity index (χ4v) is 6.59. The highest BCUT2D eigenvalue weighted by Gasteiger charge is 2.33. The molecule has 1 fully saturated rings. The number of rotatable bonds is 14. The van der Waals surface area contributed by atoms with Crippen molar-refractivity contribution < 1.29 is 23.2 Å². The summed E-state index contributed by atoms with van der Waals surface area (Å²) in [5, 5.41) is 25.5. The molecule has 3 atom stereocenters. The largest absolute Gasteiger partial charge is 0.390 e. The first kappa shape index (κ1) is 31.4. The summed E-state index contributed by atoms with van der Waals surface area (Å²) in [6, 6.07) is 13.4. The standard InChI is InChI=1S/C29H40N4O6S/c1-4-16-31-17-8-11-24(20-31)29(35)30-27(18-23-9-6-5-7-10-23)28(34)21-32(19-22(2)3)40(38,39)26-14-12-25(13-15-26)33(36)37/h4-7,9-10,12-15,22,24,27-28,34H,1,8,11,16-21H2,2-3H3,(H,30,35)/t24?,27-,28+/m0/s1. The van der Waals surface area contributed by atoms with Crippen molar-refractivity contribution in [1.29, 1.82) is 0 Å². The fraction of sp³-hybridized carbons (Fsp3) is 0.483. The summed E-state index contributed by atoms with van der Waals surface area (Å²) in [6.07, 6.45) is 2.55. The van der Waals surface area contributed by atoms with Gasteiger partial charge in [0.2, 0.25) is 15.9 Å². The molecule has 2 aromatic carbocycles. The van der Waals surface area contributed by atoms with Gasteiger partial charge < -0.3 is 10.4 Å². The lowest BCUT2D eigenvalue weighted by Crippen LogP contribution is -2.53. The van der Waals surface area contributed by atoms with E-state index in [0.29, 0.717) is 19.5 Å². The van der Waals surface area contributed by atoms with Crippen molar-refractivity contribution in [2.75, 3.05) is 32.7 Å². The number of piperidine rings is 1. The zero-order valence-electron chi connectivity index (χ0n) is 23.2. The van der Waals surface area contributed by atoms with Crippen LogP contribution in [0.2, 0.25) is 0 Å². The van der Waals surface area contributed by atoms with Crippen LogP contribution in [0.3, 0.4) is 0 Å². The van der Waals surface area contributed by atoms with Crippen LogP contribution in [0.1, 0.15) is 32.3 Å². The third kappa shape index (κ3) is 8.69. The second kappa shape index (κ2) is 14.5. The lowest BCUT2D eigenvalue weighted by molar-refractivity contribution is -0.384. The molecule has 0 bridgehead atoms. The number of carbonyl (C=O) groups excluding carboxylic acids is 1. The number of aliphatic hydroxyl groups excluding tert-OH is 1. The molecular formula is C29H40N4O6S. The molecule has 40 heavy (non-hydrogen) atoms. The number of hydrogen-bond acceptors (Lipinski definition) is 7. The molecule has 1 saturated heterocycles. The Morgan fingerprint density at radius 2 is 1.88 bits per heavy atom. The summed E-state index contributed by atoms with van der Waals surface area (Å²) in [6.45, 7) is 9.59. The van der Waals surface area contributed by atoms with E-state index in [9.17, 15) is 28.4 Å². The van der Waals surface area contributed by atoms with Gasteiger partial charge in [-0.15, -0.1) is 6.58 Å². The maximum atomic E-state index is 13.6. The van der Waals surface area contributed by atoms with Gasteiger partial charge in [-0.05, 0) is 49.4 Å². The van der Waals surface area contributed by atoms with Crippen molar-refractivity contribution in [1.82, 2.24) is 14.5 Å². The van der Waals surface area contributed by atoms with Crippen LogP contribution in [0.4, 0.5) is 5.69 Å². The topological polar surface area (TPSA) is 133 Å². The molecule has 2 aromatic rings. The third-order valence-electron chi connectivity index (χ3n) is 7.00. The van der Waals surface area contributed by atoms with Gasteiger partial charge in [0.05, 0.1) is 27.9 Å². The molecule has 0 aliphatic carbocycles. The lowest BCUT2D eigenvalue weighted by atomic mass is 9.95. The summed E-state index contributed by atoms with van der Waals surface area (Å²) >= 11 is 0. The Bertz CT molecular complexity index is 1240. The summed E-state index contributed by atoms with van der Waals surface area (Å²) in [5.41, 5.74) is 0.687. The molecule has 2 N–H and O–H groups in total. The van der Waals surface area contributed by atoms with Gasteiger partial charge in [-0.2, -0.15) is 4.31 Å². The monoisotopic (exact) mass is 572 g/mol. The van der Waals surface area contributed by atoms with E-state index in [2.05, 4.69) is 16.8 Å². The minimum Gasteiger partial charge on any atom is -0.390 e. The average molecular weight is 573 g/mol. The average Bonchev–Trinajstić information content (AvgIpc) is 2.93. The Kier molecular flexibility index (Phi) is 11.4. The van der Waals surface area contributed by atoms with Crippen molar-refractivity contribution in [3.05, 3.63) is 82.9 Å². The number of sulfonamides is 1. The highest BCUT2D eigenvalue weighted by Crippen LogP contribution is 2.22. The number of nitro groups is 1. The number of nitrogens with one attached hydrogen (secondary N) is 1. The molecule has 218 valence electrons. The highest BCUT2D eigenvalue weighted by atomic mass is 32.2. The Hall–Kier alpha value is -3.12. The summed E-state index contributed by atoms with van der Waals surface area (Å²) in [7, 11) is -4.08. The minimum absolute atomic E-state index is 0.0553. The molecule has 0 spiro atoms. The molecule has 1 unspecified atom stereocenters. The number of carbonyl (C=O) groups is 1. The summed E-state index contributed by atoms with van der Waals surface area (Å²) in [5.74, 6) is -0.461. The lowest BCUT2D eigenvalue weighted by Gasteiger charge is -2.34. The highest BCUT2D eigenvalue weighted by molar-refractivity contribution is 7.89. The smallest absolute Gasteiger partial charge is 0.269 e. The second-order valence-electron chi connectivity index (χ2n) is 10.7. The van der Waals surface area contributed by atoms with Gasteiger partial charge in [0.25, 0.3) is 5.69 Å². The number of nitrogens with zero attached hydrogens (tertiary/aromatic N) is 3. The van der Waals surface area contributed by atoms with Crippen LogP contribution in [-0.2, 0) is 21.2 Å². The van der Waals surface area contributed by atoms with Crippen LogP contribution in [0.5, 0.6) is 0 Å². The molecule has 1 heterocycles. The van der Waals surface area contributed by atoms with Crippen LogP contribution >= 0.6 is 0 Å². The van der Waals surface area contributed by atoms with Gasteiger partial charge in [0.1, 0.15) is 0 Å². The molecule has 0 aromatic heterocycles.